The molecular weight excluding hydrogens is 286 g/mol. The van der Waals surface area contributed by atoms with Crippen molar-refractivity contribution in [2.24, 2.45) is 0 Å². The second kappa shape index (κ2) is 6.20. The van der Waals surface area contributed by atoms with E-state index in [9.17, 15) is 4.79 Å². The number of benzene rings is 1. The summed E-state index contributed by atoms with van der Waals surface area (Å²) in [6, 6.07) is 13.2. The van der Waals surface area contributed by atoms with Crippen molar-refractivity contribution in [1.82, 2.24) is 14.8 Å². The van der Waals surface area contributed by atoms with E-state index >= 15 is 0 Å². The van der Waals surface area contributed by atoms with Gasteiger partial charge in [0.25, 0.3) is 5.91 Å². The van der Waals surface area contributed by atoms with Gasteiger partial charge in [0.05, 0.1) is 0 Å². The molecule has 23 heavy (non-hydrogen) atoms. The van der Waals surface area contributed by atoms with E-state index < -0.39 is 0 Å². The number of hydrogen-bond acceptors (Lipinski definition) is 2. The van der Waals surface area contributed by atoms with Crippen molar-refractivity contribution in [1.29, 1.82) is 0 Å². The van der Waals surface area contributed by atoms with Gasteiger partial charge in [0.1, 0.15) is 5.69 Å². The molecular formula is C19H23N3O. The highest BCUT2D eigenvalue weighted by atomic mass is 16.2. The molecule has 1 aromatic heterocycles. The third-order valence-electron chi connectivity index (χ3n) is 5.27. The monoisotopic (exact) mass is 309 g/mol. The zero-order chi connectivity index (χ0) is 15.6. The number of carbonyl (C=O) groups excluding carboxylic acids is 1. The first-order valence-corrected chi connectivity index (χ1v) is 8.55. The predicted octanol–water partition coefficient (Wildman–Crippen LogP) is 2.33. The van der Waals surface area contributed by atoms with Gasteiger partial charge in [-0.1, -0.05) is 24.3 Å². The molecule has 0 saturated carbocycles. The van der Waals surface area contributed by atoms with Gasteiger partial charge in [0, 0.05) is 38.4 Å². The maximum Gasteiger partial charge on any atom is 0.270 e. The van der Waals surface area contributed by atoms with Crippen LogP contribution in [0.2, 0.25) is 0 Å². The molecule has 120 valence electrons. The fraction of sp³-hybridized carbons (Fsp3) is 0.421. The van der Waals surface area contributed by atoms with Crippen LogP contribution in [-0.2, 0) is 12.8 Å². The van der Waals surface area contributed by atoms with Crippen LogP contribution in [0.5, 0.6) is 0 Å². The number of hydrogen-bond donors (Lipinski definition) is 1. The summed E-state index contributed by atoms with van der Waals surface area (Å²) in [6.45, 7) is 3.63. The highest BCUT2D eigenvalue weighted by molar-refractivity contribution is 5.92. The summed E-state index contributed by atoms with van der Waals surface area (Å²) >= 11 is 0. The quantitative estimate of drug-likeness (QED) is 0.925. The van der Waals surface area contributed by atoms with Crippen LogP contribution >= 0.6 is 0 Å². The number of aromatic amines is 1. The van der Waals surface area contributed by atoms with Gasteiger partial charge in [-0.05, 0) is 42.5 Å². The van der Waals surface area contributed by atoms with E-state index in [0.717, 1.165) is 32.6 Å². The molecule has 4 heteroatoms. The van der Waals surface area contributed by atoms with Gasteiger partial charge < -0.3 is 9.88 Å². The molecule has 2 aromatic rings. The van der Waals surface area contributed by atoms with Gasteiger partial charge in [0.15, 0.2) is 0 Å². The molecule has 2 heterocycles. The van der Waals surface area contributed by atoms with Crippen molar-refractivity contribution in [3.05, 3.63) is 59.4 Å². The summed E-state index contributed by atoms with van der Waals surface area (Å²) < 4.78 is 0. The Morgan fingerprint density at radius 2 is 1.78 bits per heavy atom. The number of carbonyl (C=O) groups is 1. The Labute approximate surface area is 137 Å². The topological polar surface area (TPSA) is 39.3 Å². The minimum Gasteiger partial charge on any atom is -0.357 e. The smallest absolute Gasteiger partial charge is 0.270 e. The zero-order valence-corrected chi connectivity index (χ0v) is 13.4. The van der Waals surface area contributed by atoms with E-state index in [0.29, 0.717) is 11.7 Å². The Bertz CT molecular complexity index is 672. The van der Waals surface area contributed by atoms with Crippen LogP contribution < -0.4 is 0 Å². The maximum absolute atomic E-state index is 12.4. The SMILES string of the molecule is O=C(c1ccc[nH]1)N1CCN([C@H]2CCc3ccccc3C2)CC1. The third-order valence-corrected chi connectivity index (χ3v) is 5.27. The number of aromatic nitrogens is 1. The normalized spacial score (nSPS) is 21.9. The molecule has 1 aliphatic heterocycles. The second-order valence-electron chi connectivity index (χ2n) is 6.58. The second-order valence-corrected chi connectivity index (χ2v) is 6.58. The lowest BCUT2D eigenvalue weighted by atomic mass is 9.87. The number of aryl methyl sites for hydroxylation is 1. The number of nitrogens with one attached hydrogen (secondary N) is 1. The first kappa shape index (κ1) is 14.5. The fourth-order valence-electron chi connectivity index (χ4n) is 3.91. The molecule has 1 fully saturated rings. The molecule has 0 bridgehead atoms. The van der Waals surface area contributed by atoms with Crippen LogP contribution in [0, 0.1) is 0 Å². The molecule has 0 radical (unpaired) electrons. The lowest BCUT2D eigenvalue weighted by Gasteiger charge is -2.41. The van der Waals surface area contributed by atoms with Crippen LogP contribution in [0.3, 0.4) is 0 Å². The Kier molecular flexibility index (Phi) is 3.92. The molecule has 4 rings (SSSR count). The van der Waals surface area contributed by atoms with E-state index in [2.05, 4.69) is 34.1 Å². The van der Waals surface area contributed by atoms with Crippen LogP contribution in [0.15, 0.2) is 42.6 Å². The molecule has 1 N–H and O–H groups in total. The minimum atomic E-state index is 0.128. The molecule has 1 aromatic carbocycles. The first-order chi connectivity index (χ1) is 11.3. The first-order valence-electron chi connectivity index (χ1n) is 8.55. The van der Waals surface area contributed by atoms with Crippen LogP contribution in [0.4, 0.5) is 0 Å². The maximum atomic E-state index is 12.4. The lowest BCUT2D eigenvalue weighted by Crippen LogP contribution is -2.53. The van der Waals surface area contributed by atoms with E-state index in [1.807, 2.05) is 23.2 Å². The van der Waals surface area contributed by atoms with Gasteiger partial charge in [-0.15, -0.1) is 0 Å². The average Bonchev–Trinajstić information content (AvgIpc) is 3.15. The summed E-state index contributed by atoms with van der Waals surface area (Å²) in [5.74, 6) is 0.128. The zero-order valence-electron chi connectivity index (χ0n) is 13.4. The molecule has 0 spiro atoms. The highest BCUT2D eigenvalue weighted by Crippen LogP contribution is 2.25. The molecule has 1 amide bonds. The van der Waals surface area contributed by atoms with Gasteiger partial charge >= 0.3 is 0 Å². The fourth-order valence-corrected chi connectivity index (χ4v) is 3.91. The highest BCUT2D eigenvalue weighted by Gasteiger charge is 2.29. The third kappa shape index (κ3) is 2.91. The molecule has 0 unspecified atom stereocenters. The van der Waals surface area contributed by atoms with E-state index in [4.69, 9.17) is 0 Å². The van der Waals surface area contributed by atoms with Gasteiger partial charge in [-0.2, -0.15) is 0 Å². The standard InChI is InChI=1S/C19H23N3O/c23-19(18-6-3-9-20-18)22-12-10-21(11-13-22)17-8-7-15-4-1-2-5-16(15)14-17/h1-6,9,17,20H,7-8,10-14H2/t17-/m0/s1. The van der Waals surface area contributed by atoms with Crippen molar-refractivity contribution >= 4 is 5.91 Å². The summed E-state index contributed by atoms with van der Waals surface area (Å²) in [6.07, 6.45) is 5.38. The summed E-state index contributed by atoms with van der Waals surface area (Å²) in [5, 5.41) is 0. The van der Waals surface area contributed by atoms with Crippen molar-refractivity contribution in [2.45, 2.75) is 25.3 Å². The van der Waals surface area contributed by atoms with E-state index in [1.165, 1.54) is 24.0 Å². The van der Waals surface area contributed by atoms with Crippen LogP contribution in [0.1, 0.15) is 28.0 Å². The van der Waals surface area contributed by atoms with Crippen LogP contribution in [0.25, 0.3) is 0 Å². The Morgan fingerprint density at radius 3 is 2.52 bits per heavy atom. The summed E-state index contributed by atoms with van der Waals surface area (Å²) in [5.41, 5.74) is 3.72. The number of piperazine rings is 1. The molecule has 1 saturated heterocycles. The molecule has 2 aliphatic rings. The molecule has 1 atom stereocenters. The van der Waals surface area contributed by atoms with E-state index in [1.54, 1.807) is 0 Å². The number of nitrogens with zero attached hydrogens (tertiary/aromatic N) is 2. The summed E-state index contributed by atoms with van der Waals surface area (Å²) in [4.78, 5) is 19.9. The summed E-state index contributed by atoms with van der Waals surface area (Å²) in [7, 11) is 0. The van der Waals surface area contributed by atoms with Gasteiger partial charge in [-0.25, -0.2) is 0 Å². The Hall–Kier alpha value is -2.07. The Balaban J connectivity index is 1.36. The average molecular weight is 309 g/mol. The predicted molar refractivity (Wildman–Crippen MR) is 90.5 cm³/mol. The molecule has 1 aliphatic carbocycles. The Morgan fingerprint density at radius 1 is 1.00 bits per heavy atom. The largest absolute Gasteiger partial charge is 0.357 e. The van der Waals surface area contributed by atoms with Crippen molar-refractivity contribution < 1.29 is 4.79 Å². The molecule has 4 nitrogen and oxygen atoms in total. The van der Waals surface area contributed by atoms with E-state index in [-0.39, 0.29) is 5.91 Å². The van der Waals surface area contributed by atoms with Crippen LogP contribution in [-0.4, -0.2) is 52.9 Å². The van der Waals surface area contributed by atoms with Gasteiger partial charge in [0.2, 0.25) is 0 Å². The van der Waals surface area contributed by atoms with Crippen molar-refractivity contribution in [3.63, 3.8) is 0 Å². The lowest BCUT2D eigenvalue weighted by molar-refractivity contribution is 0.0548. The number of amides is 1. The number of fused-ring (bicyclic) bond motifs is 1. The van der Waals surface area contributed by atoms with Crippen molar-refractivity contribution in [3.8, 4) is 0 Å². The number of H-pyrrole nitrogens is 1. The van der Waals surface area contributed by atoms with Crippen molar-refractivity contribution in [2.75, 3.05) is 26.2 Å². The van der Waals surface area contributed by atoms with Gasteiger partial charge in [-0.3, -0.25) is 9.69 Å². The number of rotatable bonds is 2. The minimum absolute atomic E-state index is 0.128.